The third-order valence-corrected chi connectivity index (χ3v) is 2.68. The minimum absolute atomic E-state index is 0.149. The Morgan fingerprint density at radius 3 is 2.67 bits per heavy atom. The van der Waals surface area contributed by atoms with Crippen LogP contribution in [0.15, 0.2) is 18.2 Å². The molecule has 18 heavy (non-hydrogen) atoms. The van der Waals surface area contributed by atoms with Crippen molar-refractivity contribution in [2.45, 2.75) is 39.7 Å². The number of nitrogens with one attached hydrogen (secondary N) is 2. The summed E-state index contributed by atoms with van der Waals surface area (Å²) < 4.78 is 0. The lowest BCUT2D eigenvalue weighted by atomic mass is 10.0. The van der Waals surface area contributed by atoms with Crippen molar-refractivity contribution in [3.63, 3.8) is 0 Å². The Labute approximate surface area is 108 Å². The van der Waals surface area contributed by atoms with Crippen molar-refractivity contribution in [2.75, 3.05) is 5.43 Å². The third kappa shape index (κ3) is 4.71. The zero-order valence-electron chi connectivity index (χ0n) is 11.2. The highest BCUT2D eigenvalue weighted by molar-refractivity contribution is 5.92. The molecule has 0 bridgehead atoms. The molecule has 1 heterocycles. The zero-order chi connectivity index (χ0) is 13.5. The van der Waals surface area contributed by atoms with Gasteiger partial charge in [-0.1, -0.05) is 19.9 Å². The summed E-state index contributed by atoms with van der Waals surface area (Å²) in [6.45, 7) is 6.35. The molecule has 0 aromatic carbocycles. The molecule has 5 nitrogen and oxygen atoms in total. The molecule has 1 aromatic rings. The van der Waals surface area contributed by atoms with E-state index in [-0.39, 0.29) is 11.9 Å². The van der Waals surface area contributed by atoms with Crippen LogP contribution in [0.3, 0.4) is 0 Å². The fourth-order valence-corrected chi connectivity index (χ4v) is 1.59. The molecule has 0 aliphatic rings. The molecule has 1 atom stereocenters. The molecular weight excluding hydrogens is 228 g/mol. The number of anilines is 1. The number of hydrogen-bond acceptors (Lipinski definition) is 4. The summed E-state index contributed by atoms with van der Waals surface area (Å²) in [5, 5.41) is 2.93. The first kappa shape index (κ1) is 14.4. The Bertz CT molecular complexity index is 392. The van der Waals surface area contributed by atoms with Gasteiger partial charge in [0.05, 0.1) is 0 Å². The van der Waals surface area contributed by atoms with Crippen LogP contribution in [0, 0.1) is 5.92 Å². The van der Waals surface area contributed by atoms with Crippen LogP contribution in [0.25, 0.3) is 0 Å². The van der Waals surface area contributed by atoms with E-state index in [9.17, 15) is 4.79 Å². The van der Waals surface area contributed by atoms with E-state index in [0.717, 1.165) is 12.8 Å². The van der Waals surface area contributed by atoms with Gasteiger partial charge < -0.3 is 10.7 Å². The van der Waals surface area contributed by atoms with E-state index < -0.39 is 0 Å². The minimum atomic E-state index is -0.164. The Morgan fingerprint density at radius 2 is 2.06 bits per heavy atom. The molecule has 0 saturated heterocycles. The number of aromatic nitrogens is 1. The molecule has 0 fully saturated rings. The van der Waals surface area contributed by atoms with Crippen LogP contribution < -0.4 is 16.6 Å². The standard InChI is InChI=1S/C13H22N4O/c1-9(2)7-8-10(3)15-13(18)11-5-4-6-12(16-11)17-14/h4-6,9-10H,7-8,14H2,1-3H3,(H,15,18)(H,16,17). The quantitative estimate of drug-likeness (QED) is 0.532. The zero-order valence-corrected chi connectivity index (χ0v) is 11.2. The van der Waals surface area contributed by atoms with E-state index >= 15 is 0 Å². The summed E-state index contributed by atoms with van der Waals surface area (Å²) in [7, 11) is 0. The van der Waals surface area contributed by atoms with E-state index in [1.54, 1.807) is 18.2 Å². The number of nitrogen functional groups attached to an aromatic ring is 1. The van der Waals surface area contributed by atoms with Crippen LogP contribution in [0.2, 0.25) is 0 Å². The number of amides is 1. The van der Waals surface area contributed by atoms with Gasteiger partial charge in [-0.2, -0.15) is 0 Å². The van der Waals surface area contributed by atoms with Gasteiger partial charge >= 0.3 is 0 Å². The van der Waals surface area contributed by atoms with Gasteiger partial charge in [0.2, 0.25) is 0 Å². The largest absolute Gasteiger partial charge is 0.348 e. The summed E-state index contributed by atoms with van der Waals surface area (Å²) in [6, 6.07) is 5.27. The second kappa shape index (κ2) is 6.96. The second-order valence-electron chi connectivity index (χ2n) is 4.90. The molecule has 0 aliphatic carbocycles. The number of nitrogens with zero attached hydrogens (tertiary/aromatic N) is 1. The number of rotatable bonds is 6. The first-order valence-corrected chi connectivity index (χ1v) is 6.27. The first-order valence-electron chi connectivity index (χ1n) is 6.27. The van der Waals surface area contributed by atoms with Gasteiger partial charge in [-0.25, -0.2) is 10.8 Å². The average molecular weight is 250 g/mol. The van der Waals surface area contributed by atoms with Crippen molar-refractivity contribution < 1.29 is 4.79 Å². The van der Waals surface area contributed by atoms with Gasteiger partial charge in [-0.05, 0) is 37.8 Å². The van der Waals surface area contributed by atoms with Gasteiger partial charge in [0.1, 0.15) is 11.5 Å². The Balaban J connectivity index is 2.53. The molecule has 100 valence electrons. The fourth-order valence-electron chi connectivity index (χ4n) is 1.59. The van der Waals surface area contributed by atoms with Crippen LogP contribution in [-0.2, 0) is 0 Å². The maximum Gasteiger partial charge on any atom is 0.270 e. The minimum Gasteiger partial charge on any atom is -0.348 e. The molecule has 1 amide bonds. The van der Waals surface area contributed by atoms with Crippen molar-refractivity contribution in [1.29, 1.82) is 0 Å². The normalized spacial score (nSPS) is 12.3. The SMILES string of the molecule is CC(C)CCC(C)NC(=O)c1cccc(NN)n1. The molecule has 0 radical (unpaired) electrons. The molecule has 5 heteroatoms. The number of carbonyl (C=O) groups excluding carboxylic acids is 1. The highest BCUT2D eigenvalue weighted by Crippen LogP contribution is 2.08. The molecule has 4 N–H and O–H groups in total. The van der Waals surface area contributed by atoms with Gasteiger partial charge in [0.25, 0.3) is 5.91 Å². The number of nitrogens with two attached hydrogens (primary N) is 1. The summed E-state index contributed by atoms with van der Waals surface area (Å²) in [5.74, 6) is 6.22. The van der Waals surface area contributed by atoms with Crippen molar-refractivity contribution >= 4 is 11.7 Å². The number of hydrogen-bond donors (Lipinski definition) is 3. The molecule has 1 aromatic heterocycles. The van der Waals surface area contributed by atoms with Gasteiger partial charge in [0, 0.05) is 6.04 Å². The maximum atomic E-state index is 11.9. The number of pyridine rings is 1. The Kier molecular flexibility index (Phi) is 5.58. The number of carbonyl (C=O) groups is 1. The first-order chi connectivity index (χ1) is 8.52. The molecule has 1 unspecified atom stereocenters. The lowest BCUT2D eigenvalue weighted by molar-refractivity contribution is 0.0932. The monoisotopic (exact) mass is 250 g/mol. The summed E-state index contributed by atoms with van der Waals surface area (Å²) in [5.41, 5.74) is 2.80. The van der Waals surface area contributed by atoms with Crippen LogP contribution in [-0.4, -0.2) is 16.9 Å². The maximum absolute atomic E-state index is 11.9. The lowest BCUT2D eigenvalue weighted by Gasteiger charge is -2.15. The summed E-state index contributed by atoms with van der Waals surface area (Å²) in [6.07, 6.45) is 2.07. The highest BCUT2D eigenvalue weighted by Gasteiger charge is 2.11. The number of hydrazine groups is 1. The van der Waals surface area contributed by atoms with E-state index in [1.165, 1.54) is 0 Å². The Hall–Kier alpha value is -1.62. The van der Waals surface area contributed by atoms with E-state index in [4.69, 9.17) is 5.84 Å². The van der Waals surface area contributed by atoms with Crippen molar-refractivity contribution in [2.24, 2.45) is 11.8 Å². The summed E-state index contributed by atoms with van der Waals surface area (Å²) >= 11 is 0. The van der Waals surface area contributed by atoms with Gasteiger partial charge in [0.15, 0.2) is 0 Å². The molecular formula is C13H22N4O. The molecule has 0 aliphatic heterocycles. The van der Waals surface area contributed by atoms with Crippen LogP contribution in [0.1, 0.15) is 44.1 Å². The van der Waals surface area contributed by atoms with Crippen LogP contribution in [0.5, 0.6) is 0 Å². The van der Waals surface area contributed by atoms with E-state index in [1.807, 2.05) is 6.92 Å². The third-order valence-electron chi connectivity index (χ3n) is 2.68. The highest BCUT2D eigenvalue weighted by atomic mass is 16.1. The van der Waals surface area contributed by atoms with Crippen molar-refractivity contribution in [1.82, 2.24) is 10.3 Å². The molecule has 0 saturated carbocycles. The van der Waals surface area contributed by atoms with Gasteiger partial charge in [-0.3, -0.25) is 4.79 Å². The predicted molar refractivity (Wildman–Crippen MR) is 73.0 cm³/mol. The second-order valence-corrected chi connectivity index (χ2v) is 4.90. The predicted octanol–water partition coefficient (Wildman–Crippen LogP) is 1.92. The van der Waals surface area contributed by atoms with E-state index in [2.05, 4.69) is 29.6 Å². The van der Waals surface area contributed by atoms with Crippen molar-refractivity contribution in [3.05, 3.63) is 23.9 Å². The fraction of sp³-hybridized carbons (Fsp3) is 0.538. The van der Waals surface area contributed by atoms with E-state index in [0.29, 0.717) is 17.4 Å². The van der Waals surface area contributed by atoms with Gasteiger partial charge in [-0.15, -0.1) is 0 Å². The van der Waals surface area contributed by atoms with Crippen LogP contribution in [0.4, 0.5) is 5.82 Å². The smallest absolute Gasteiger partial charge is 0.270 e. The average Bonchev–Trinajstić information content (AvgIpc) is 2.36. The molecule has 0 spiro atoms. The summed E-state index contributed by atoms with van der Waals surface area (Å²) in [4.78, 5) is 16.0. The topological polar surface area (TPSA) is 80.0 Å². The lowest BCUT2D eigenvalue weighted by Crippen LogP contribution is -2.33. The Morgan fingerprint density at radius 1 is 1.33 bits per heavy atom. The van der Waals surface area contributed by atoms with Crippen LogP contribution >= 0.6 is 0 Å². The molecule has 1 rings (SSSR count). The van der Waals surface area contributed by atoms with Crippen molar-refractivity contribution in [3.8, 4) is 0 Å².